The maximum Gasteiger partial charge on any atom is 0.357 e. The zero-order valence-corrected chi connectivity index (χ0v) is 21.0. The lowest BCUT2D eigenvalue weighted by molar-refractivity contribution is -0.133. The van der Waals surface area contributed by atoms with Crippen molar-refractivity contribution in [3.63, 3.8) is 0 Å². The number of rotatable bonds is 5. The summed E-state index contributed by atoms with van der Waals surface area (Å²) < 4.78 is 11.4. The smallest absolute Gasteiger partial charge is 0.357 e. The number of nitrogen functional groups attached to an aromatic ring is 1. The van der Waals surface area contributed by atoms with E-state index >= 15 is 0 Å². The third-order valence-corrected chi connectivity index (χ3v) is 7.15. The molecule has 1 aliphatic rings. The van der Waals surface area contributed by atoms with E-state index in [0.717, 1.165) is 16.3 Å². The molecule has 2 N–H and O–H groups in total. The summed E-state index contributed by atoms with van der Waals surface area (Å²) in [5.41, 5.74) is 7.61. The number of benzene rings is 2. The fourth-order valence-electron chi connectivity index (χ4n) is 3.75. The molecule has 0 unspecified atom stereocenters. The summed E-state index contributed by atoms with van der Waals surface area (Å²) >= 11 is 13.0. The normalized spacial score (nSPS) is 15.7. The Bertz CT molecular complexity index is 1450. The van der Waals surface area contributed by atoms with Gasteiger partial charge in [0.05, 0.1) is 24.8 Å². The Kier molecular flexibility index (Phi) is 7.25. The molecule has 0 bridgehead atoms. The number of aromatic nitrogens is 1. The van der Waals surface area contributed by atoms with Crippen LogP contribution in [0.5, 0.6) is 0 Å². The number of esters is 2. The van der Waals surface area contributed by atoms with E-state index < -0.39 is 23.1 Å². The highest BCUT2D eigenvalue weighted by Gasteiger charge is 2.38. The third-order valence-electron chi connectivity index (χ3n) is 5.34. The number of hydrogen-bond donors (Lipinski definition) is 1. The van der Waals surface area contributed by atoms with Crippen molar-refractivity contribution in [1.82, 2.24) is 4.57 Å². The standard InChI is InChI=1S/C25H20Cl2N2O5S/c1-3-34-24(31)20-18(28)17(12-13-4-8-15(26)9-5-13)19-22(25(32)33-2)35-21(23(30)29(19)20)14-6-10-16(27)11-7-14/h4-12,21H,3,28H2,1-2H3/b17-12+/t21-/m0/s1. The molecular weight excluding hydrogens is 511 g/mol. The van der Waals surface area contributed by atoms with E-state index in [1.165, 1.54) is 7.11 Å². The number of ether oxygens (including phenoxy) is 2. The second-order valence-electron chi connectivity index (χ2n) is 7.48. The quantitative estimate of drug-likeness (QED) is 0.500. The minimum atomic E-state index is -0.850. The van der Waals surface area contributed by atoms with Gasteiger partial charge >= 0.3 is 11.9 Å². The van der Waals surface area contributed by atoms with Crippen molar-refractivity contribution in [3.8, 4) is 0 Å². The number of hydrogen-bond acceptors (Lipinski definition) is 7. The molecule has 0 spiro atoms. The Morgan fingerprint density at radius 1 is 1.06 bits per heavy atom. The molecule has 35 heavy (non-hydrogen) atoms. The molecule has 10 heteroatoms. The van der Waals surface area contributed by atoms with Crippen LogP contribution < -0.4 is 16.3 Å². The fourth-order valence-corrected chi connectivity index (χ4v) is 5.23. The van der Waals surface area contributed by atoms with E-state index in [9.17, 15) is 14.4 Å². The van der Waals surface area contributed by atoms with Gasteiger partial charge in [-0.3, -0.25) is 9.36 Å². The molecule has 0 aliphatic carbocycles. The largest absolute Gasteiger partial charge is 0.465 e. The lowest BCUT2D eigenvalue weighted by Crippen LogP contribution is -2.42. The van der Waals surface area contributed by atoms with Crippen LogP contribution in [-0.2, 0) is 14.3 Å². The number of nitrogens with two attached hydrogens (primary N) is 1. The van der Waals surface area contributed by atoms with Gasteiger partial charge in [-0.2, -0.15) is 0 Å². The molecular formula is C25H20Cl2N2O5S. The van der Waals surface area contributed by atoms with Gasteiger partial charge in [0.1, 0.15) is 10.2 Å². The van der Waals surface area contributed by atoms with Crippen molar-refractivity contribution < 1.29 is 23.9 Å². The molecule has 0 radical (unpaired) electrons. The molecule has 1 aromatic heterocycles. The Hall–Kier alpha value is -3.20. The zero-order chi connectivity index (χ0) is 25.3. The first-order valence-electron chi connectivity index (χ1n) is 10.5. The predicted molar refractivity (Wildman–Crippen MR) is 137 cm³/mol. The molecule has 2 heterocycles. The number of thioether (sulfide) groups is 1. The van der Waals surface area contributed by atoms with Crippen LogP contribution in [-0.4, -0.2) is 36.1 Å². The number of nitrogens with zero attached hydrogens (tertiary/aromatic N) is 1. The van der Waals surface area contributed by atoms with Crippen LogP contribution in [0.3, 0.4) is 0 Å². The van der Waals surface area contributed by atoms with Crippen molar-refractivity contribution in [3.05, 3.63) is 86.0 Å². The monoisotopic (exact) mass is 530 g/mol. The van der Waals surface area contributed by atoms with E-state index in [-0.39, 0.29) is 28.2 Å². The first kappa shape index (κ1) is 24.9. The minimum Gasteiger partial charge on any atom is -0.465 e. The van der Waals surface area contributed by atoms with Crippen LogP contribution >= 0.6 is 35.0 Å². The van der Waals surface area contributed by atoms with Gasteiger partial charge in [0.25, 0.3) is 0 Å². The minimum absolute atomic E-state index is 0.0144. The highest BCUT2D eigenvalue weighted by molar-refractivity contribution is 8.10. The Balaban J connectivity index is 2.08. The summed E-state index contributed by atoms with van der Waals surface area (Å²) in [6, 6.07) is 13.6. The van der Waals surface area contributed by atoms with Crippen molar-refractivity contribution in [2.45, 2.75) is 12.2 Å². The molecule has 0 amide bonds. The molecule has 3 aromatic rings. The summed E-state index contributed by atoms with van der Waals surface area (Å²) in [6.45, 7) is 1.72. The number of carbonyl (C=O) groups is 3. The predicted octanol–water partition coefficient (Wildman–Crippen LogP) is 3.79. The Labute approximate surface area is 215 Å². The summed E-state index contributed by atoms with van der Waals surface area (Å²) in [5.74, 6) is -1.90. The molecule has 180 valence electrons. The van der Waals surface area contributed by atoms with E-state index in [0.29, 0.717) is 26.4 Å². The highest BCUT2D eigenvalue weighted by atomic mass is 35.5. The van der Waals surface area contributed by atoms with E-state index in [1.807, 2.05) is 0 Å². The lowest BCUT2D eigenvalue weighted by Gasteiger charge is -2.23. The number of fused-ring (bicyclic) bond motifs is 1. The van der Waals surface area contributed by atoms with Gasteiger partial charge in [-0.05, 0) is 48.4 Å². The average Bonchev–Trinajstić information content (AvgIpc) is 3.13. The topological polar surface area (TPSA) is 101 Å². The summed E-state index contributed by atoms with van der Waals surface area (Å²) in [6.07, 6.45) is 1.68. The van der Waals surface area contributed by atoms with Gasteiger partial charge in [-0.15, -0.1) is 0 Å². The molecule has 1 aliphatic heterocycles. The SMILES string of the molecule is CCOC(=O)c1c(N)/c(=C\c2ccc(Cl)cc2)c2n1C(=O)[C@H](c1ccc(Cl)cc1)SC=2C(=O)OC. The molecule has 1 atom stereocenters. The molecule has 0 saturated carbocycles. The zero-order valence-electron chi connectivity index (χ0n) is 18.7. The number of anilines is 1. The number of halogens is 2. The van der Waals surface area contributed by atoms with Crippen LogP contribution in [0.4, 0.5) is 5.69 Å². The van der Waals surface area contributed by atoms with Crippen LogP contribution in [0.15, 0.2) is 48.5 Å². The maximum atomic E-state index is 13.8. The second kappa shape index (κ2) is 10.2. The lowest BCUT2D eigenvalue weighted by atomic mass is 10.1. The number of carbonyl (C=O) groups excluding carboxylic acids is 3. The Morgan fingerprint density at radius 2 is 1.66 bits per heavy atom. The fraction of sp³-hybridized carbons (Fsp3) is 0.160. The van der Waals surface area contributed by atoms with Crippen molar-refractivity contribution in [2.75, 3.05) is 19.5 Å². The van der Waals surface area contributed by atoms with Gasteiger partial charge in [-0.25, -0.2) is 9.59 Å². The molecule has 2 aromatic carbocycles. The van der Waals surface area contributed by atoms with Gasteiger partial charge in [0.15, 0.2) is 5.69 Å². The third kappa shape index (κ3) is 4.69. The molecule has 0 fully saturated rings. The molecule has 7 nitrogen and oxygen atoms in total. The first-order chi connectivity index (χ1) is 16.8. The van der Waals surface area contributed by atoms with Gasteiger partial charge in [-0.1, -0.05) is 59.2 Å². The van der Waals surface area contributed by atoms with E-state index in [1.54, 1.807) is 61.5 Å². The van der Waals surface area contributed by atoms with Gasteiger partial charge in [0, 0.05) is 15.3 Å². The van der Waals surface area contributed by atoms with E-state index in [4.69, 9.17) is 38.4 Å². The van der Waals surface area contributed by atoms with Gasteiger partial charge < -0.3 is 15.2 Å². The van der Waals surface area contributed by atoms with Crippen LogP contribution in [0, 0.1) is 0 Å². The second-order valence-corrected chi connectivity index (χ2v) is 9.47. The maximum absolute atomic E-state index is 13.8. The molecule has 0 saturated heterocycles. The van der Waals surface area contributed by atoms with Crippen molar-refractivity contribution in [2.24, 2.45) is 0 Å². The summed E-state index contributed by atoms with van der Waals surface area (Å²) in [7, 11) is 1.25. The van der Waals surface area contributed by atoms with Crippen molar-refractivity contribution >= 4 is 69.5 Å². The average molecular weight is 531 g/mol. The van der Waals surface area contributed by atoms with Crippen LogP contribution in [0.2, 0.25) is 10.0 Å². The Morgan fingerprint density at radius 3 is 2.23 bits per heavy atom. The summed E-state index contributed by atoms with van der Waals surface area (Å²) in [5, 5.41) is 0.688. The first-order valence-corrected chi connectivity index (χ1v) is 12.1. The van der Waals surface area contributed by atoms with Crippen LogP contribution in [0.1, 0.15) is 38.6 Å². The number of methoxy groups -OCH3 is 1. The van der Waals surface area contributed by atoms with Crippen molar-refractivity contribution in [1.29, 1.82) is 0 Å². The van der Waals surface area contributed by atoms with Crippen LogP contribution in [0.25, 0.3) is 11.0 Å². The molecule has 4 rings (SSSR count). The summed E-state index contributed by atoms with van der Waals surface area (Å²) in [4.78, 5) is 39.8. The van der Waals surface area contributed by atoms with E-state index in [2.05, 4.69) is 0 Å². The van der Waals surface area contributed by atoms with Gasteiger partial charge in [0.2, 0.25) is 5.91 Å². The highest BCUT2D eigenvalue weighted by Crippen LogP contribution is 2.40.